The molecular formula is C12H18O2. The second-order valence-electron chi connectivity index (χ2n) is 2.74. The molecule has 1 rings (SSSR count). The summed E-state index contributed by atoms with van der Waals surface area (Å²) in [6, 6.07) is 5.45. The minimum absolute atomic E-state index is 0.0632. The fourth-order valence-electron chi connectivity index (χ4n) is 1.04. The van der Waals surface area contributed by atoms with Crippen LogP contribution >= 0.6 is 0 Å². The van der Waals surface area contributed by atoms with E-state index in [0.29, 0.717) is 5.56 Å². The predicted molar refractivity (Wildman–Crippen MR) is 59.1 cm³/mol. The Morgan fingerprint density at radius 3 is 2.29 bits per heavy atom. The van der Waals surface area contributed by atoms with Gasteiger partial charge in [-0.25, -0.2) is 0 Å². The molecule has 0 saturated carbocycles. The average molecular weight is 194 g/mol. The molecule has 0 atom stereocenters. The van der Waals surface area contributed by atoms with E-state index >= 15 is 0 Å². The van der Waals surface area contributed by atoms with E-state index in [4.69, 9.17) is 4.74 Å². The molecule has 0 aromatic heterocycles. The van der Waals surface area contributed by atoms with Gasteiger partial charge in [-0.1, -0.05) is 26.0 Å². The number of methoxy groups -OCH3 is 1. The highest BCUT2D eigenvalue weighted by atomic mass is 16.5. The van der Waals surface area contributed by atoms with Crippen molar-refractivity contribution in [2.45, 2.75) is 27.7 Å². The molecule has 2 heteroatoms. The van der Waals surface area contributed by atoms with E-state index < -0.39 is 0 Å². The van der Waals surface area contributed by atoms with E-state index in [2.05, 4.69) is 0 Å². The largest absolute Gasteiger partial charge is 0.496 e. The van der Waals surface area contributed by atoms with Crippen LogP contribution in [0.2, 0.25) is 0 Å². The van der Waals surface area contributed by atoms with Crippen LogP contribution in [0.15, 0.2) is 18.2 Å². The Balaban J connectivity index is 0.000000791. The molecule has 0 amide bonds. The summed E-state index contributed by atoms with van der Waals surface area (Å²) in [5, 5.41) is 0. The first-order valence-corrected chi connectivity index (χ1v) is 4.80. The number of Topliss-reactive ketones (excluding diaryl/α,β-unsaturated/α-hetero) is 1. The van der Waals surface area contributed by atoms with Crippen molar-refractivity contribution >= 4 is 5.78 Å². The fraction of sp³-hybridized carbons (Fsp3) is 0.417. The predicted octanol–water partition coefficient (Wildman–Crippen LogP) is 3.23. The van der Waals surface area contributed by atoms with Crippen molar-refractivity contribution in [2.24, 2.45) is 0 Å². The molecule has 0 spiro atoms. The van der Waals surface area contributed by atoms with Gasteiger partial charge in [-0.05, 0) is 25.5 Å². The molecule has 78 valence electrons. The number of benzene rings is 1. The molecule has 0 bridgehead atoms. The lowest BCUT2D eigenvalue weighted by Crippen LogP contribution is -1.94. The van der Waals surface area contributed by atoms with Crippen molar-refractivity contribution in [1.29, 1.82) is 0 Å². The van der Waals surface area contributed by atoms with Crippen molar-refractivity contribution < 1.29 is 9.53 Å². The van der Waals surface area contributed by atoms with Gasteiger partial charge < -0.3 is 4.74 Å². The van der Waals surface area contributed by atoms with Gasteiger partial charge in [-0.15, -0.1) is 0 Å². The summed E-state index contributed by atoms with van der Waals surface area (Å²) in [6.45, 7) is 7.49. The summed E-state index contributed by atoms with van der Waals surface area (Å²) in [7, 11) is 1.60. The molecule has 0 saturated heterocycles. The maximum atomic E-state index is 11.0. The molecule has 1 aromatic carbocycles. The number of aryl methyl sites for hydroxylation is 1. The normalized spacial score (nSPS) is 8.64. The number of carbonyl (C=O) groups excluding carboxylic acids is 1. The Morgan fingerprint density at radius 1 is 1.29 bits per heavy atom. The van der Waals surface area contributed by atoms with Gasteiger partial charge in [-0.3, -0.25) is 4.79 Å². The van der Waals surface area contributed by atoms with E-state index in [1.807, 2.05) is 26.8 Å². The first kappa shape index (κ1) is 12.7. The SMILES string of the molecule is CC.COc1cc(C(C)=O)ccc1C. The topological polar surface area (TPSA) is 26.3 Å². The van der Waals surface area contributed by atoms with Crippen LogP contribution in [0.5, 0.6) is 5.75 Å². The van der Waals surface area contributed by atoms with Crippen molar-refractivity contribution in [3.05, 3.63) is 29.3 Å². The third-order valence-corrected chi connectivity index (χ3v) is 1.81. The fourth-order valence-corrected chi connectivity index (χ4v) is 1.04. The Hall–Kier alpha value is -1.31. The number of carbonyl (C=O) groups is 1. The van der Waals surface area contributed by atoms with Gasteiger partial charge in [0.05, 0.1) is 7.11 Å². The van der Waals surface area contributed by atoms with Crippen LogP contribution in [0.3, 0.4) is 0 Å². The molecule has 14 heavy (non-hydrogen) atoms. The lowest BCUT2D eigenvalue weighted by Gasteiger charge is -2.04. The van der Waals surface area contributed by atoms with E-state index in [1.165, 1.54) is 0 Å². The van der Waals surface area contributed by atoms with Gasteiger partial charge in [0.25, 0.3) is 0 Å². The van der Waals surface area contributed by atoms with Gasteiger partial charge in [0, 0.05) is 5.56 Å². The van der Waals surface area contributed by atoms with E-state index in [-0.39, 0.29) is 5.78 Å². The van der Waals surface area contributed by atoms with Crippen LogP contribution in [0, 0.1) is 6.92 Å². The van der Waals surface area contributed by atoms with Gasteiger partial charge in [0.2, 0.25) is 0 Å². The summed E-state index contributed by atoms with van der Waals surface area (Å²) in [5.41, 5.74) is 1.74. The van der Waals surface area contributed by atoms with Crippen molar-refractivity contribution in [3.8, 4) is 5.75 Å². The van der Waals surface area contributed by atoms with E-state index in [9.17, 15) is 4.79 Å². The van der Waals surface area contributed by atoms with Crippen molar-refractivity contribution in [1.82, 2.24) is 0 Å². The van der Waals surface area contributed by atoms with Gasteiger partial charge >= 0.3 is 0 Å². The van der Waals surface area contributed by atoms with Crippen LogP contribution in [0.4, 0.5) is 0 Å². The smallest absolute Gasteiger partial charge is 0.159 e. The highest BCUT2D eigenvalue weighted by Crippen LogP contribution is 2.18. The maximum Gasteiger partial charge on any atom is 0.159 e. The molecule has 0 heterocycles. The van der Waals surface area contributed by atoms with Crippen LogP contribution in [-0.2, 0) is 0 Å². The second kappa shape index (κ2) is 6.19. The number of ether oxygens (including phenoxy) is 1. The van der Waals surface area contributed by atoms with Crippen LogP contribution in [0.1, 0.15) is 36.7 Å². The van der Waals surface area contributed by atoms with Gasteiger partial charge in [0.1, 0.15) is 5.75 Å². The molecule has 1 aromatic rings. The third kappa shape index (κ3) is 3.21. The van der Waals surface area contributed by atoms with Crippen LogP contribution in [-0.4, -0.2) is 12.9 Å². The Kier molecular flexibility index (Phi) is 5.61. The number of ketones is 1. The minimum Gasteiger partial charge on any atom is -0.496 e. The number of hydrogen-bond donors (Lipinski definition) is 0. The van der Waals surface area contributed by atoms with Crippen LogP contribution < -0.4 is 4.74 Å². The molecule has 0 aliphatic heterocycles. The Morgan fingerprint density at radius 2 is 1.86 bits per heavy atom. The monoisotopic (exact) mass is 194 g/mol. The molecule has 0 unspecified atom stereocenters. The van der Waals surface area contributed by atoms with E-state index in [0.717, 1.165) is 11.3 Å². The summed E-state index contributed by atoms with van der Waals surface area (Å²) in [4.78, 5) is 11.0. The summed E-state index contributed by atoms with van der Waals surface area (Å²) < 4.78 is 5.08. The van der Waals surface area contributed by atoms with Gasteiger partial charge in [0.15, 0.2) is 5.78 Å². The molecule has 0 radical (unpaired) electrons. The van der Waals surface area contributed by atoms with Crippen molar-refractivity contribution in [3.63, 3.8) is 0 Å². The lowest BCUT2D eigenvalue weighted by molar-refractivity contribution is 0.101. The van der Waals surface area contributed by atoms with Crippen molar-refractivity contribution in [2.75, 3.05) is 7.11 Å². The lowest BCUT2D eigenvalue weighted by atomic mass is 10.1. The zero-order chi connectivity index (χ0) is 11.1. The molecule has 0 N–H and O–H groups in total. The summed E-state index contributed by atoms with van der Waals surface area (Å²) in [6.07, 6.45) is 0. The second-order valence-corrected chi connectivity index (χ2v) is 2.74. The maximum absolute atomic E-state index is 11.0. The highest BCUT2D eigenvalue weighted by molar-refractivity contribution is 5.94. The summed E-state index contributed by atoms with van der Waals surface area (Å²) >= 11 is 0. The third-order valence-electron chi connectivity index (χ3n) is 1.81. The molecule has 0 fully saturated rings. The average Bonchev–Trinajstić information content (AvgIpc) is 2.21. The molecule has 0 aliphatic rings. The minimum atomic E-state index is 0.0632. The highest BCUT2D eigenvalue weighted by Gasteiger charge is 2.02. The first-order chi connectivity index (χ1) is 6.65. The van der Waals surface area contributed by atoms with Crippen LogP contribution in [0.25, 0.3) is 0 Å². The zero-order valence-electron chi connectivity index (χ0n) is 9.55. The van der Waals surface area contributed by atoms with Gasteiger partial charge in [-0.2, -0.15) is 0 Å². The Bertz CT molecular complexity index is 303. The van der Waals surface area contributed by atoms with E-state index in [1.54, 1.807) is 26.2 Å². The zero-order valence-corrected chi connectivity index (χ0v) is 9.55. The Labute approximate surface area is 85.9 Å². The molecular weight excluding hydrogens is 176 g/mol. The number of hydrogen-bond acceptors (Lipinski definition) is 2. The number of rotatable bonds is 2. The standard InChI is InChI=1S/C10H12O2.C2H6/c1-7-4-5-9(8(2)11)6-10(7)12-3;1-2/h4-6H,1-3H3;1-2H3. The molecule has 0 aliphatic carbocycles. The first-order valence-electron chi connectivity index (χ1n) is 4.80. The molecule has 2 nitrogen and oxygen atoms in total. The summed E-state index contributed by atoms with van der Waals surface area (Å²) in [5.74, 6) is 0.830. The quantitative estimate of drug-likeness (QED) is 0.675.